The van der Waals surface area contributed by atoms with Gasteiger partial charge in [0.25, 0.3) is 0 Å². The first kappa shape index (κ1) is 23.6. The molecule has 0 unspecified atom stereocenters. The number of aromatic nitrogens is 4. The second-order valence-electron chi connectivity index (χ2n) is 7.94. The van der Waals surface area contributed by atoms with Crippen LogP contribution in [-0.4, -0.2) is 45.5 Å². The Morgan fingerprint density at radius 3 is 2.29 bits per heavy atom. The number of hydrogen-bond donors (Lipinski definition) is 1. The molecule has 0 aliphatic carbocycles. The number of aryl methyl sites for hydroxylation is 2. The predicted octanol–water partition coefficient (Wildman–Crippen LogP) is 5.12. The molecule has 2 heterocycles. The number of nitrogens with one attached hydrogen (secondary N) is 1. The average molecular weight is 477 g/mol. The number of carbonyl (C=O) groups is 1. The molecule has 7 nitrogen and oxygen atoms in total. The quantitative estimate of drug-likeness (QED) is 0.253. The number of rotatable bonds is 10. The summed E-state index contributed by atoms with van der Waals surface area (Å²) in [6.07, 6.45) is 0.883. The number of thioether (sulfide) groups is 1. The van der Waals surface area contributed by atoms with Crippen molar-refractivity contribution in [2.75, 3.05) is 20.0 Å². The van der Waals surface area contributed by atoms with Crippen molar-refractivity contribution in [1.82, 2.24) is 19.7 Å². The van der Waals surface area contributed by atoms with Gasteiger partial charge in [0, 0.05) is 29.1 Å². The molecule has 2 aromatic heterocycles. The standard InChI is InChI=1S/C26H28N4O3S/c1-17-15-23(18(2)30(17)14-13-19-5-9-21(32-3)10-6-19)24(31)16-34-26-27-25(28-29-26)20-7-11-22(33-4)12-8-20/h5-12,15H,13-14,16H2,1-4H3,(H,27,28,29). The van der Waals surface area contributed by atoms with Gasteiger partial charge in [0.1, 0.15) is 11.5 Å². The Labute approximate surface area is 203 Å². The lowest BCUT2D eigenvalue weighted by Crippen LogP contribution is -2.08. The van der Waals surface area contributed by atoms with Crippen molar-refractivity contribution in [1.29, 1.82) is 0 Å². The van der Waals surface area contributed by atoms with Crippen molar-refractivity contribution >= 4 is 17.5 Å². The summed E-state index contributed by atoms with van der Waals surface area (Å²) in [6.45, 7) is 4.87. The molecule has 0 amide bonds. The number of carbonyl (C=O) groups excluding carboxylic acids is 1. The van der Waals surface area contributed by atoms with Gasteiger partial charge in [-0.25, -0.2) is 4.98 Å². The van der Waals surface area contributed by atoms with Gasteiger partial charge in [0.2, 0.25) is 5.16 Å². The topological polar surface area (TPSA) is 82.0 Å². The summed E-state index contributed by atoms with van der Waals surface area (Å²) in [5.41, 5.74) is 4.97. The summed E-state index contributed by atoms with van der Waals surface area (Å²) in [7, 11) is 3.30. The molecule has 176 valence electrons. The third-order valence-electron chi connectivity index (χ3n) is 5.82. The average Bonchev–Trinajstić information content (AvgIpc) is 3.46. The van der Waals surface area contributed by atoms with E-state index in [4.69, 9.17) is 9.47 Å². The van der Waals surface area contributed by atoms with Crippen molar-refractivity contribution in [3.63, 3.8) is 0 Å². The number of Topliss-reactive ketones (excluding diaryl/α,β-unsaturated/α-hetero) is 1. The Morgan fingerprint density at radius 1 is 1.00 bits per heavy atom. The Kier molecular flexibility index (Phi) is 7.37. The molecule has 0 saturated carbocycles. The van der Waals surface area contributed by atoms with Gasteiger partial charge in [0.15, 0.2) is 11.6 Å². The van der Waals surface area contributed by atoms with Gasteiger partial charge in [-0.3, -0.25) is 9.89 Å². The molecule has 34 heavy (non-hydrogen) atoms. The molecule has 0 fully saturated rings. The lowest BCUT2D eigenvalue weighted by molar-refractivity contribution is 0.102. The van der Waals surface area contributed by atoms with Crippen LogP contribution in [-0.2, 0) is 13.0 Å². The molecule has 8 heteroatoms. The van der Waals surface area contributed by atoms with Gasteiger partial charge in [-0.15, -0.1) is 5.10 Å². The van der Waals surface area contributed by atoms with Crippen molar-refractivity contribution in [2.24, 2.45) is 0 Å². The molecular formula is C26H28N4O3S. The Hall–Kier alpha value is -3.52. The molecule has 4 rings (SSSR count). The van der Waals surface area contributed by atoms with Crippen LogP contribution in [0, 0.1) is 13.8 Å². The van der Waals surface area contributed by atoms with Gasteiger partial charge in [0.05, 0.1) is 20.0 Å². The van der Waals surface area contributed by atoms with E-state index in [2.05, 4.69) is 31.9 Å². The Balaban J connectivity index is 1.37. The fourth-order valence-corrected chi connectivity index (χ4v) is 4.54. The second kappa shape index (κ2) is 10.6. The van der Waals surface area contributed by atoms with Crippen LogP contribution in [0.1, 0.15) is 27.3 Å². The third kappa shape index (κ3) is 5.34. The van der Waals surface area contributed by atoms with Crippen molar-refractivity contribution < 1.29 is 14.3 Å². The normalized spacial score (nSPS) is 10.9. The van der Waals surface area contributed by atoms with E-state index in [1.165, 1.54) is 17.3 Å². The number of nitrogens with zero attached hydrogens (tertiary/aromatic N) is 3. The number of ketones is 1. The van der Waals surface area contributed by atoms with Crippen LogP contribution < -0.4 is 9.47 Å². The number of methoxy groups -OCH3 is 2. The maximum absolute atomic E-state index is 13.0. The highest BCUT2D eigenvalue weighted by molar-refractivity contribution is 7.99. The lowest BCUT2D eigenvalue weighted by Gasteiger charge is -2.10. The van der Waals surface area contributed by atoms with E-state index in [-0.39, 0.29) is 11.5 Å². The zero-order valence-electron chi connectivity index (χ0n) is 19.8. The summed E-state index contributed by atoms with van der Waals surface area (Å²) < 4.78 is 12.6. The SMILES string of the molecule is COc1ccc(CCn2c(C)cc(C(=O)CSc3n[nH]c(-c4ccc(OC)cc4)n3)c2C)cc1. The monoisotopic (exact) mass is 476 g/mol. The van der Waals surface area contributed by atoms with E-state index in [0.717, 1.165) is 47.0 Å². The van der Waals surface area contributed by atoms with E-state index in [9.17, 15) is 4.79 Å². The number of hydrogen-bond acceptors (Lipinski definition) is 6. The molecular weight excluding hydrogens is 448 g/mol. The lowest BCUT2D eigenvalue weighted by atomic mass is 10.1. The molecule has 0 atom stereocenters. The molecule has 1 N–H and O–H groups in total. The Bertz CT molecular complexity index is 1260. The third-order valence-corrected chi connectivity index (χ3v) is 6.67. The van der Waals surface area contributed by atoms with Crippen LogP contribution >= 0.6 is 11.8 Å². The van der Waals surface area contributed by atoms with E-state index in [1.54, 1.807) is 14.2 Å². The fraction of sp³-hybridized carbons (Fsp3) is 0.269. The van der Waals surface area contributed by atoms with Gasteiger partial charge in [-0.1, -0.05) is 23.9 Å². The van der Waals surface area contributed by atoms with E-state index in [0.29, 0.717) is 11.0 Å². The minimum Gasteiger partial charge on any atom is -0.497 e. The summed E-state index contributed by atoms with van der Waals surface area (Å²) in [5.74, 6) is 2.65. The molecule has 4 aromatic rings. The predicted molar refractivity (Wildman–Crippen MR) is 134 cm³/mol. The van der Waals surface area contributed by atoms with Gasteiger partial charge in [-0.05, 0) is 68.3 Å². The highest BCUT2D eigenvalue weighted by Gasteiger charge is 2.17. The summed E-state index contributed by atoms with van der Waals surface area (Å²) in [5, 5.41) is 7.74. The van der Waals surface area contributed by atoms with Crippen molar-refractivity contribution in [3.8, 4) is 22.9 Å². The minimum atomic E-state index is 0.0737. The maximum atomic E-state index is 13.0. The van der Waals surface area contributed by atoms with Gasteiger partial charge < -0.3 is 14.0 Å². The van der Waals surface area contributed by atoms with Crippen LogP contribution in [0.5, 0.6) is 11.5 Å². The summed E-state index contributed by atoms with van der Waals surface area (Å²) in [6, 6.07) is 17.7. The number of H-pyrrole nitrogens is 1. The van der Waals surface area contributed by atoms with Crippen LogP contribution in [0.25, 0.3) is 11.4 Å². The van der Waals surface area contributed by atoms with Crippen molar-refractivity contribution in [2.45, 2.75) is 32.0 Å². The molecule has 0 spiro atoms. The number of ether oxygens (including phenoxy) is 2. The minimum absolute atomic E-state index is 0.0737. The van der Waals surface area contributed by atoms with Gasteiger partial charge >= 0.3 is 0 Å². The molecule has 0 aliphatic rings. The van der Waals surface area contributed by atoms with E-state index < -0.39 is 0 Å². The van der Waals surface area contributed by atoms with Gasteiger partial charge in [-0.2, -0.15) is 0 Å². The molecule has 0 radical (unpaired) electrons. The largest absolute Gasteiger partial charge is 0.497 e. The molecule has 0 saturated heterocycles. The molecule has 0 bridgehead atoms. The highest BCUT2D eigenvalue weighted by atomic mass is 32.2. The van der Waals surface area contributed by atoms with Crippen LogP contribution in [0.3, 0.4) is 0 Å². The van der Waals surface area contributed by atoms with Crippen LogP contribution in [0.2, 0.25) is 0 Å². The van der Waals surface area contributed by atoms with E-state index in [1.807, 2.05) is 56.3 Å². The fourth-order valence-electron chi connectivity index (χ4n) is 3.86. The summed E-state index contributed by atoms with van der Waals surface area (Å²) in [4.78, 5) is 17.5. The first-order valence-electron chi connectivity index (χ1n) is 11.0. The maximum Gasteiger partial charge on any atom is 0.209 e. The number of benzene rings is 2. The first-order chi connectivity index (χ1) is 16.5. The smallest absolute Gasteiger partial charge is 0.209 e. The zero-order chi connectivity index (χ0) is 24.1. The highest BCUT2D eigenvalue weighted by Crippen LogP contribution is 2.24. The Morgan fingerprint density at radius 2 is 1.65 bits per heavy atom. The number of aromatic amines is 1. The second-order valence-corrected chi connectivity index (χ2v) is 8.88. The van der Waals surface area contributed by atoms with Crippen LogP contribution in [0.4, 0.5) is 0 Å². The molecule has 2 aromatic carbocycles. The van der Waals surface area contributed by atoms with E-state index >= 15 is 0 Å². The molecule has 0 aliphatic heterocycles. The zero-order valence-corrected chi connectivity index (χ0v) is 20.6. The van der Waals surface area contributed by atoms with Crippen molar-refractivity contribution in [3.05, 3.63) is 77.1 Å². The summed E-state index contributed by atoms with van der Waals surface area (Å²) >= 11 is 1.34. The van der Waals surface area contributed by atoms with Crippen LogP contribution in [0.15, 0.2) is 59.8 Å². The first-order valence-corrected chi connectivity index (χ1v) is 12.0.